The number of carbonyl (C=O) groups excluding carboxylic acids is 2. The van der Waals surface area contributed by atoms with Gasteiger partial charge in [-0.15, -0.1) is 0 Å². The van der Waals surface area contributed by atoms with Gasteiger partial charge in [-0.25, -0.2) is 14.7 Å². The summed E-state index contributed by atoms with van der Waals surface area (Å²) in [5.41, 5.74) is 1.96. The molecule has 0 radical (unpaired) electrons. The molecular weight excluding hydrogens is 344 g/mol. The second-order valence-corrected chi connectivity index (χ2v) is 6.84. The second kappa shape index (κ2) is 7.69. The average Bonchev–Trinajstić information content (AvgIpc) is 3.47. The van der Waals surface area contributed by atoms with Gasteiger partial charge in [0.25, 0.3) is 0 Å². The number of amides is 2. The molecule has 8 heteroatoms. The molecule has 2 aliphatic heterocycles. The fraction of sp³-hybridized carbons (Fsp3) is 0.421. The number of aromatic nitrogens is 3. The monoisotopic (exact) mass is 366 g/mol. The van der Waals surface area contributed by atoms with Crippen LogP contribution in [-0.4, -0.2) is 61.8 Å². The van der Waals surface area contributed by atoms with Crippen LogP contribution in [0.25, 0.3) is 0 Å². The lowest BCUT2D eigenvalue weighted by molar-refractivity contribution is -0.136. The molecule has 1 aromatic heterocycles. The highest BCUT2D eigenvalue weighted by Gasteiger charge is 2.29. The van der Waals surface area contributed by atoms with E-state index >= 15 is 0 Å². The molecule has 0 spiro atoms. The van der Waals surface area contributed by atoms with E-state index in [0.29, 0.717) is 19.6 Å². The number of rotatable bonds is 5. The van der Waals surface area contributed by atoms with Gasteiger partial charge in [0.2, 0.25) is 11.8 Å². The standard InChI is InChI=1S/C19H22N6O2/c26-18(23-10-8-16(12-23)25-14-20-13-21-25)6-7-19(27)24-11-9-17(22-24)15-4-2-1-3-5-15/h1-5,13-14,16H,6-12H2. The third-order valence-corrected chi connectivity index (χ3v) is 5.08. The molecule has 0 aliphatic carbocycles. The van der Waals surface area contributed by atoms with E-state index in [4.69, 9.17) is 0 Å². The molecule has 1 atom stereocenters. The lowest BCUT2D eigenvalue weighted by atomic mass is 10.1. The van der Waals surface area contributed by atoms with Gasteiger partial charge in [0.1, 0.15) is 12.7 Å². The Kier molecular flexibility index (Phi) is 4.95. The van der Waals surface area contributed by atoms with E-state index in [0.717, 1.165) is 24.1 Å². The first-order chi connectivity index (χ1) is 13.2. The zero-order valence-corrected chi connectivity index (χ0v) is 15.1. The molecule has 1 fully saturated rings. The summed E-state index contributed by atoms with van der Waals surface area (Å²) < 4.78 is 1.79. The van der Waals surface area contributed by atoms with E-state index in [1.165, 1.54) is 11.3 Å². The molecule has 2 aromatic rings. The molecule has 1 saturated heterocycles. The third-order valence-electron chi connectivity index (χ3n) is 5.08. The van der Waals surface area contributed by atoms with Crippen LogP contribution in [0.3, 0.4) is 0 Å². The minimum absolute atomic E-state index is 0.0115. The summed E-state index contributed by atoms with van der Waals surface area (Å²) >= 11 is 0. The first-order valence-electron chi connectivity index (χ1n) is 9.26. The van der Waals surface area contributed by atoms with Crippen LogP contribution in [0.1, 0.15) is 37.3 Å². The average molecular weight is 366 g/mol. The van der Waals surface area contributed by atoms with Gasteiger partial charge < -0.3 is 4.90 Å². The summed E-state index contributed by atoms with van der Waals surface area (Å²) in [5, 5.41) is 10.1. The van der Waals surface area contributed by atoms with Gasteiger partial charge in [-0.3, -0.25) is 9.59 Å². The SMILES string of the molecule is O=C(CCC(=O)N1CCC(c2ccccc2)=N1)N1CCC(n2cncn2)C1. The van der Waals surface area contributed by atoms with Crippen molar-refractivity contribution in [2.24, 2.45) is 5.10 Å². The molecular formula is C19H22N6O2. The van der Waals surface area contributed by atoms with Crippen molar-refractivity contribution in [3.8, 4) is 0 Å². The molecule has 4 rings (SSSR count). The van der Waals surface area contributed by atoms with Crippen LogP contribution in [0.5, 0.6) is 0 Å². The van der Waals surface area contributed by atoms with Gasteiger partial charge in [-0.2, -0.15) is 10.2 Å². The summed E-state index contributed by atoms with van der Waals surface area (Å²) in [6.07, 6.45) is 5.20. The van der Waals surface area contributed by atoms with E-state index in [2.05, 4.69) is 15.2 Å². The highest BCUT2D eigenvalue weighted by atomic mass is 16.2. The molecule has 1 aromatic carbocycles. The van der Waals surface area contributed by atoms with Gasteiger partial charge >= 0.3 is 0 Å². The number of nitrogens with zero attached hydrogens (tertiary/aromatic N) is 6. The number of hydrazone groups is 1. The number of likely N-dealkylation sites (tertiary alicyclic amines) is 1. The Balaban J connectivity index is 1.27. The fourth-order valence-electron chi connectivity index (χ4n) is 3.56. The molecule has 0 N–H and O–H groups in total. The molecule has 2 amide bonds. The highest BCUT2D eigenvalue weighted by molar-refractivity contribution is 6.02. The van der Waals surface area contributed by atoms with Crippen LogP contribution in [0.4, 0.5) is 0 Å². The molecule has 140 valence electrons. The van der Waals surface area contributed by atoms with E-state index in [1.54, 1.807) is 11.0 Å². The van der Waals surface area contributed by atoms with Gasteiger partial charge in [-0.05, 0) is 12.0 Å². The quantitative estimate of drug-likeness (QED) is 0.802. The zero-order valence-electron chi connectivity index (χ0n) is 15.1. The van der Waals surface area contributed by atoms with E-state index in [-0.39, 0.29) is 30.7 Å². The largest absolute Gasteiger partial charge is 0.340 e. The maximum absolute atomic E-state index is 12.4. The Labute approximate surface area is 157 Å². The van der Waals surface area contributed by atoms with Crippen molar-refractivity contribution in [3.05, 3.63) is 48.5 Å². The summed E-state index contributed by atoms with van der Waals surface area (Å²) in [6.45, 7) is 1.89. The van der Waals surface area contributed by atoms with Gasteiger partial charge in [0.05, 0.1) is 18.3 Å². The van der Waals surface area contributed by atoms with Crippen LogP contribution in [0.15, 0.2) is 48.1 Å². The van der Waals surface area contributed by atoms with Crippen molar-refractivity contribution in [3.63, 3.8) is 0 Å². The Bertz CT molecular complexity index is 833. The molecule has 0 saturated carbocycles. The number of benzene rings is 1. The van der Waals surface area contributed by atoms with Crippen LogP contribution >= 0.6 is 0 Å². The maximum Gasteiger partial charge on any atom is 0.243 e. The van der Waals surface area contributed by atoms with Crippen LogP contribution in [-0.2, 0) is 9.59 Å². The van der Waals surface area contributed by atoms with Gasteiger partial charge in [0, 0.05) is 32.4 Å². The van der Waals surface area contributed by atoms with Crippen molar-refractivity contribution < 1.29 is 9.59 Å². The van der Waals surface area contributed by atoms with Crippen molar-refractivity contribution in [1.82, 2.24) is 24.7 Å². The third kappa shape index (κ3) is 3.89. The number of carbonyl (C=O) groups is 2. The summed E-state index contributed by atoms with van der Waals surface area (Å²) in [6, 6.07) is 10.0. The van der Waals surface area contributed by atoms with Crippen molar-refractivity contribution in [2.75, 3.05) is 19.6 Å². The summed E-state index contributed by atoms with van der Waals surface area (Å²) in [7, 11) is 0. The minimum Gasteiger partial charge on any atom is -0.340 e. The molecule has 1 unspecified atom stereocenters. The topological polar surface area (TPSA) is 83.7 Å². The predicted molar refractivity (Wildman–Crippen MR) is 98.8 cm³/mol. The highest BCUT2D eigenvalue weighted by Crippen LogP contribution is 2.21. The Hall–Kier alpha value is -3.03. The predicted octanol–water partition coefficient (Wildman–Crippen LogP) is 1.47. The first-order valence-corrected chi connectivity index (χ1v) is 9.26. The summed E-state index contributed by atoms with van der Waals surface area (Å²) in [4.78, 5) is 30.6. The van der Waals surface area contributed by atoms with Crippen LogP contribution in [0, 0.1) is 0 Å². The molecule has 0 bridgehead atoms. The Morgan fingerprint density at radius 1 is 1.07 bits per heavy atom. The van der Waals surface area contributed by atoms with E-state index < -0.39 is 0 Å². The normalized spacial score (nSPS) is 19.4. The maximum atomic E-state index is 12.4. The van der Waals surface area contributed by atoms with Crippen molar-refractivity contribution >= 4 is 17.5 Å². The zero-order chi connectivity index (χ0) is 18.6. The molecule has 8 nitrogen and oxygen atoms in total. The molecule has 27 heavy (non-hydrogen) atoms. The Morgan fingerprint density at radius 2 is 1.89 bits per heavy atom. The van der Waals surface area contributed by atoms with Crippen LogP contribution in [0.2, 0.25) is 0 Å². The molecule has 3 heterocycles. The van der Waals surface area contributed by atoms with E-state index in [9.17, 15) is 9.59 Å². The van der Waals surface area contributed by atoms with Gasteiger partial charge in [-0.1, -0.05) is 30.3 Å². The lowest BCUT2D eigenvalue weighted by Crippen LogP contribution is -2.31. The first kappa shape index (κ1) is 17.4. The van der Waals surface area contributed by atoms with E-state index in [1.807, 2.05) is 35.2 Å². The van der Waals surface area contributed by atoms with Crippen molar-refractivity contribution in [2.45, 2.75) is 31.7 Å². The smallest absolute Gasteiger partial charge is 0.243 e. The number of hydrogen-bond donors (Lipinski definition) is 0. The minimum atomic E-state index is -0.0960. The van der Waals surface area contributed by atoms with Crippen molar-refractivity contribution in [1.29, 1.82) is 0 Å². The lowest BCUT2D eigenvalue weighted by Gasteiger charge is -2.17. The molecule has 2 aliphatic rings. The van der Waals surface area contributed by atoms with Crippen LogP contribution < -0.4 is 0 Å². The number of hydrogen-bond acceptors (Lipinski definition) is 5. The summed E-state index contributed by atoms with van der Waals surface area (Å²) in [5.74, 6) is -0.0845. The van der Waals surface area contributed by atoms with Gasteiger partial charge in [0.15, 0.2) is 0 Å². The second-order valence-electron chi connectivity index (χ2n) is 6.84. The fourth-order valence-corrected chi connectivity index (χ4v) is 3.56. The Morgan fingerprint density at radius 3 is 2.67 bits per heavy atom.